The van der Waals surface area contributed by atoms with Crippen molar-refractivity contribution in [2.45, 2.75) is 30.7 Å². The molecule has 0 saturated carbocycles. The topological polar surface area (TPSA) is 84.3 Å². The van der Waals surface area contributed by atoms with E-state index in [-0.39, 0.29) is 10.8 Å². The fourth-order valence-corrected chi connectivity index (χ4v) is 4.91. The zero-order chi connectivity index (χ0) is 19.9. The quantitative estimate of drug-likeness (QED) is 0.731. The van der Waals surface area contributed by atoms with Crippen molar-refractivity contribution in [2.75, 3.05) is 11.4 Å². The molecule has 1 aliphatic rings. The molecule has 2 aromatic carbocycles. The Balaban J connectivity index is 1.59. The Morgan fingerprint density at radius 1 is 1.11 bits per heavy atom. The first-order chi connectivity index (χ1) is 13.3. The van der Waals surface area contributed by atoms with Crippen molar-refractivity contribution in [2.24, 2.45) is 7.05 Å². The van der Waals surface area contributed by atoms with Gasteiger partial charge in [-0.3, -0.25) is 14.4 Å². The molecule has 3 aromatic rings. The van der Waals surface area contributed by atoms with E-state index in [4.69, 9.17) is 0 Å². The number of hydrogen-bond acceptors (Lipinski definition) is 4. The minimum absolute atomic E-state index is 0.160. The third-order valence-electron chi connectivity index (χ3n) is 5.02. The first kappa shape index (κ1) is 18.6. The van der Waals surface area contributed by atoms with Crippen LogP contribution in [-0.2, 0) is 21.9 Å². The van der Waals surface area contributed by atoms with Crippen molar-refractivity contribution in [1.82, 2.24) is 14.5 Å². The van der Waals surface area contributed by atoms with E-state index >= 15 is 0 Å². The van der Waals surface area contributed by atoms with Gasteiger partial charge < -0.3 is 0 Å². The maximum Gasteiger partial charge on any atom is 0.246 e. The molecular weight excluding hydrogens is 376 g/mol. The molecule has 1 aliphatic heterocycles. The lowest BCUT2D eigenvalue weighted by molar-refractivity contribution is -0.121. The van der Waals surface area contributed by atoms with Crippen molar-refractivity contribution in [3.05, 3.63) is 54.2 Å². The van der Waals surface area contributed by atoms with Gasteiger partial charge in [0.2, 0.25) is 15.9 Å². The number of piperidine rings is 1. The molecule has 0 spiro atoms. The van der Waals surface area contributed by atoms with Gasteiger partial charge in [0.25, 0.3) is 0 Å². The predicted molar refractivity (Wildman–Crippen MR) is 108 cm³/mol. The summed E-state index contributed by atoms with van der Waals surface area (Å²) < 4.78 is 30.1. The summed E-state index contributed by atoms with van der Waals surface area (Å²) in [6.45, 7) is 2.41. The largest absolute Gasteiger partial charge is 0.296 e. The highest BCUT2D eigenvalue weighted by atomic mass is 32.2. The lowest BCUT2D eigenvalue weighted by Crippen LogP contribution is -2.52. The van der Waals surface area contributed by atoms with Gasteiger partial charge in [-0.2, -0.15) is 9.82 Å². The van der Waals surface area contributed by atoms with Crippen molar-refractivity contribution in [3.8, 4) is 0 Å². The minimum Gasteiger partial charge on any atom is -0.296 e. The molecule has 7 nitrogen and oxygen atoms in total. The predicted octanol–water partition coefficient (Wildman–Crippen LogP) is 2.36. The zero-order valence-electron chi connectivity index (χ0n) is 15.8. The van der Waals surface area contributed by atoms with E-state index in [1.165, 1.54) is 0 Å². The van der Waals surface area contributed by atoms with Gasteiger partial charge in [-0.25, -0.2) is 8.42 Å². The first-order valence-electron chi connectivity index (χ1n) is 9.18. The van der Waals surface area contributed by atoms with Crippen LogP contribution in [0.25, 0.3) is 10.8 Å². The number of amides is 1. The Morgan fingerprint density at radius 3 is 2.57 bits per heavy atom. The van der Waals surface area contributed by atoms with Crippen molar-refractivity contribution >= 4 is 32.5 Å². The van der Waals surface area contributed by atoms with E-state index in [9.17, 15) is 13.2 Å². The second kappa shape index (κ2) is 7.03. The zero-order valence-corrected chi connectivity index (χ0v) is 16.6. The second-order valence-corrected chi connectivity index (χ2v) is 8.80. The third-order valence-corrected chi connectivity index (χ3v) is 6.49. The molecule has 28 heavy (non-hydrogen) atoms. The molecule has 0 radical (unpaired) electrons. The number of rotatable bonds is 4. The normalized spacial score (nSPS) is 18.0. The number of hydrogen-bond donors (Lipinski definition) is 1. The Bertz CT molecular complexity index is 1150. The van der Waals surface area contributed by atoms with Gasteiger partial charge in [0.05, 0.1) is 10.6 Å². The minimum atomic E-state index is -3.81. The van der Waals surface area contributed by atoms with Crippen LogP contribution < -0.4 is 9.62 Å². The van der Waals surface area contributed by atoms with Gasteiger partial charge in [0.1, 0.15) is 11.9 Å². The van der Waals surface area contributed by atoms with Crippen LogP contribution in [0.1, 0.15) is 18.5 Å². The van der Waals surface area contributed by atoms with Crippen LogP contribution in [-0.4, -0.2) is 36.7 Å². The number of sulfonamides is 1. The molecule has 1 N–H and O–H groups in total. The molecule has 1 amide bonds. The molecule has 1 fully saturated rings. The van der Waals surface area contributed by atoms with E-state index in [1.54, 1.807) is 34.8 Å². The summed E-state index contributed by atoms with van der Waals surface area (Å²) in [5.74, 6) is 0.427. The second-order valence-electron chi connectivity index (χ2n) is 7.08. The monoisotopic (exact) mass is 398 g/mol. The summed E-state index contributed by atoms with van der Waals surface area (Å²) in [7, 11) is -2.04. The van der Waals surface area contributed by atoms with Gasteiger partial charge >= 0.3 is 0 Å². The summed E-state index contributed by atoms with van der Waals surface area (Å²) in [6, 6.07) is 13.6. The number of nitrogens with one attached hydrogen (secondary N) is 1. The Morgan fingerprint density at radius 2 is 1.86 bits per heavy atom. The third kappa shape index (κ3) is 3.41. The summed E-state index contributed by atoms with van der Waals surface area (Å²) in [5, 5.41) is 6.09. The number of carbonyl (C=O) groups excluding carboxylic acids is 1. The highest BCUT2D eigenvalue weighted by Gasteiger charge is 2.34. The summed E-state index contributed by atoms with van der Waals surface area (Å²) in [4.78, 5) is 14.7. The molecular formula is C20H22N4O3S. The van der Waals surface area contributed by atoms with Crippen LogP contribution in [0.3, 0.4) is 0 Å². The molecule has 1 saturated heterocycles. The van der Waals surface area contributed by atoms with E-state index in [2.05, 4.69) is 9.82 Å². The Labute approximate surface area is 164 Å². The maximum absolute atomic E-state index is 13.0. The van der Waals surface area contributed by atoms with Crippen molar-refractivity contribution in [1.29, 1.82) is 0 Å². The van der Waals surface area contributed by atoms with Crippen LogP contribution in [0.15, 0.2) is 53.4 Å². The number of aryl methyl sites for hydroxylation is 2. The number of aromatic nitrogens is 2. The Kier molecular flexibility index (Phi) is 4.68. The van der Waals surface area contributed by atoms with Crippen LogP contribution >= 0.6 is 0 Å². The van der Waals surface area contributed by atoms with Crippen LogP contribution in [0.2, 0.25) is 0 Å². The van der Waals surface area contributed by atoms with Gasteiger partial charge in [-0.05, 0) is 42.7 Å². The standard InChI is InChI=1S/C20H22N4O3S/c1-14-12-19(23(2)21-14)24-11-5-8-18(20(24)25)22-28(26,27)17-10-9-15-6-3-4-7-16(15)13-17/h3-4,6-7,9-10,12-13,18,22H,5,8,11H2,1-2H3. The maximum atomic E-state index is 13.0. The lowest BCUT2D eigenvalue weighted by atomic mass is 10.1. The summed E-state index contributed by atoms with van der Waals surface area (Å²) in [5.41, 5.74) is 0.809. The van der Waals surface area contributed by atoms with E-state index in [1.807, 2.05) is 37.3 Å². The molecule has 1 atom stereocenters. The van der Waals surface area contributed by atoms with E-state index in [0.717, 1.165) is 16.5 Å². The first-order valence-corrected chi connectivity index (χ1v) is 10.7. The van der Waals surface area contributed by atoms with Crippen LogP contribution in [0, 0.1) is 6.92 Å². The smallest absolute Gasteiger partial charge is 0.246 e. The highest BCUT2D eigenvalue weighted by Crippen LogP contribution is 2.24. The summed E-state index contributed by atoms with van der Waals surface area (Å²) in [6.07, 6.45) is 1.18. The summed E-state index contributed by atoms with van der Waals surface area (Å²) >= 11 is 0. The molecule has 0 aliphatic carbocycles. The fraction of sp³-hybridized carbons (Fsp3) is 0.300. The molecule has 8 heteroatoms. The van der Waals surface area contributed by atoms with Gasteiger partial charge in [0, 0.05) is 19.7 Å². The van der Waals surface area contributed by atoms with E-state index < -0.39 is 16.1 Å². The number of anilines is 1. The number of benzene rings is 2. The molecule has 2 heterocycles. The van der Waals surface area contributed by atoms with Crippen molar-refractivity contribution < 1.29 is 13.2 Å². The molecule has 1 aromatic heterocycles. The van der Waals surface area contributed by atoms with E-state index in [0.29, 0.717) is 25.2 Å². The van der Waals surface area contributed by atoms with Gasteiger partial charge in [-0.1, -0.05) is 30.3 Å². The fourth-order valence-electron chi connectivity index (χ4n) is 3.65. The van der Waals surface area contributed by atoms with Crippen molar-refractivity contribution in [3.63, 3.8) is 0 Å². The average molecular weight is 398 g/mol. The average Bonchev–Trinajstić information content (AvgIpc) is 3.01. The lowest BCUT2D eigenvalue weighted by Gasteiger charge is -2.32. The molecule has 146 valence electrons. The molecule has 1 unspecified atom stereocenters. The molecule has 4 rings (SSSR count). The number of nitrogens with zero attached hydrogens (tertiary/aromatic N) is 3. The van der Waals surface area contributed by atoms with Crippen LogP contribution in [0.5, 0.6) is 0 Å². The van der Waals surface area contributed by atoms with Gasteiger partial charge in [-0.15, -0.1) is 0 Å². The van der Waals surface area contributed by atoms with Gasteiger partial charge in [0.15, 0.2) is 0 Å². The Hall–Kier alpha value is -2.71. The highest BCUT2D eigenvalue weighted by molar-refractivity contribution is 7.89. The number of carbonyl (C=O) groups is 1. The SMILES string of the molecule is Cc1cc(N2CCCC(NS(=O)(=O)c3ccc4ccccc4c3)C2=O)n(C)n1. The molecule has 0 bridgehead atoms. The van der Waals surface area contributed by atoms with Crippen LogP contribution in [0.4, 0.5) is 5.82 Å². The number of fused-ring (bicyclic) bond motifs is 1.